The van der Waals surface area contributed by atoms with Crippen molar-refractivity contribution in [3.8, 4) is 22.3 Å². The van der Waals surface area contributed by atoms with Crippen molar-refractivity contribution in [3.05, 3.63) is 128 Å². The van der Waals surface area contributed by atoms with Crippen LogP contribution in [-0.2, 0) is 15.6 Å². The van der Waals surface area contributed by atoms with Crippen LogP contribution in [0.4, 0.5) is 0 Å². The molecule has 0 fully saturated rings. The van der Waals surface area contributed by atoms with Crippen LogP contribution in [0.2, 0.25) is 13.1 Å². The Morgan fingerprint density at radius 1 is 0.521 bits per heavy atom. The van der Waals surface area contributed by atoms with Crippen molar-refractivity contribution < 1.29 is 15.6 Å². The minimum absolute atomic E-state index is 0.0348. The molecule has 4 aromatic carbocycles. The molecule has 251 valence electrons. The quantitative estimate of drug-likeness (QED) is 0.177. The van der Waals surface area contributed by atoms with Gasteiger partial charge in [0.25, 0.3) is 0 Å². The molecule has 6 rings (SSSR count). The van der Waals surface area contributed by atoms with Gasteiger partial charge in [-0.1, -0.05) is 0 Å². The predicted octanol–water partition coefficient (Wildman–Crippen LogP) is 13.9. The molecule has 48 heavy (non-hydrogen) atoms. The Hall–Kier alpha value is -1.96. The normalized spacial score (nSPS) is 18.7. The Labute approximate surface area is 299 Å². The summed E-state index contributed by atoms with van der Waals surface area (Å²) in [6, 6.07) is 27.2. The van der Waals surface area contributed by atoms with E-state index in [9.17, 15) is 0 Å². The third kappa shape index (κ3) is 5.48. The van der Waals surface area contributed by atoms with E-state index in [1.165, 1.54) is 77.9 Å². The molecule has 0 radical (unpaired) electrons. The van der Waals surface area contributed by atoms with Gasteiger partial charge >= 0.3 is 302 Å². The monoisotopic (exact) mass is 769 g/mol. The second-order valence-electron chi connectivity index (χ2n) is 17.1. The van der Waals surface area contributed by atoms with Gasteiger partial charge in [-0.3, -0.25) is 0 Å². The van der Waals surface area contributed by atoms with Crippen molar-refractivity contribution >= 4 is 35.1 Å². The number of allylic oxidation sites excluding steroid dienone is 2. The van der Waals surface area contributed by atoms with E-state index in [0.29, 0.717) is 0 Å². The van der Waals surface area contributed by atoms with Gasteiger partial charge in [0.15, 0.2) is 0 Å². The van der Waals surface area contributed by atoms with Crippen LogP contribution in [0.1, 0.15) is 93.3 Å². The average Bonchev–Trinajstić information content (AvgIpc) is 3.61. The molecule has 2 aliphatic rings. The summed E-state index contributed by atoms with van der Waals surface area (Å²) in [7, 11) is 17.7. The Morgan fingerprint density at radius 2 is 0.854 bits per heavy atom. The Balaban J connectivity index is 1.68. The molecule has 2 aliphatic carbocycles. The van der Waals surface area contributed by atoms with Gasteiger partial charge < -0.3 is 0 Å². The summed E-state index contributed by atoms with van der Waals surface area (Å²) in [6.07, 6.45) is 5.02. The van der Waals surface area contributed by atoms with Gasteiger partial charge in [0, 0.05) is 0 Å². The second-order valence-corrected chi connectivity index (χ2v) is 59.6. The van der Waals surface area contributed by atoms with Gasteiger partial charge in [0.05, 0.1) is 0 Å². The van der Waals surface area contributed by atoms with E-state index in [-0.39, 0.29) is 18.1 Å². The average molecular weight is 772 g/mol. The first-order valence-corrected chi connectivity index (χ1v) is 34.0. The molecule has 4 heteroatoms. The summed E-state index contributed by atoms with van der Waals surface area (Å²) in [5, 5.41) is 0. The van der Waals surface area contributed by atoms with Crippen molar-refractivity contribution in [2.45, 2.75) is 89.6 Å². The van der Waals surface area contributed by atoms with Crippen LogP contribution in [0.3, 0.4) is 0 Å². The molecule has 0 aliphatic heterocycles. The predicted molar refractivity (Wildman–Crippen MR) is 214 cm³/mol. The Bertz CT molecular complexity index is 1880. The van der Waals surface area contributed by atoms with E-state index in [0.717, 1.165) is 0 Å². The fourth-order valence-electron chi connectivity index (χ4n) is 8.68. The first kappa shape index (κ1) is 35.9. The van der Waals surface area contributed by atoms with Crippen molar-refractivity contribution in [2.24, 2.45) is 10.8 Å². The molecule has 0 saturated heterocycles. The van der Waals surface area contributed by atoms with Gasteiger partial charge in [-0.25, -0.2) is 0 Å². The molecule has 0 bridgehead atoms. The standard InChI is InChI=1S/2C21H23.C2H7Si.2ClH.Zr/c2*1-14-8-6-10-18(15(14)2)19-11-7-9-16-12-17(13-20(16)19)21(3,4)5;1-3-2;;;/h2*6-13H,1-5H3;3H,1-2H3;2*1H;/q;;;;;+2/p-2. The van der Waals surface area contributed by atoms with E-state index in [1.54, 1.807) is 0 Å². The first-order chi connectivity index (χ1) is 22.3. The molecular weight excluding hydrogens is 719 g/mol. The molecule has 0 spiro atoms. The van der Waals surface area contributed by atoms with Crippen LogP contribution in [0.25, 0.3) is 34.4 Å². The molecule has 4 aromatic rings. The maximum atomic E-state index is 8.86. The summed E-state index contributed by atoms with van der Waals surface area (Å²) >= 11 is -5.01. The zero-order valence-electron chi connectivity index (χ0n) is 31.1. The van der Waals surface area contributed by atoms with E-state index < -0.39 is 21.5 Å². The summed E-state index contributed by atoms with van der Waals surface area (Å²) in [4.78, 5) is 0. The maximum absolute atomic E-state index is 8.86. The van der Waals surface area contributed by atoms with Crippen molar-refractivity contribution in [1.82, 2.24) is 0 Å². The first-order valence-electron chi connectivity index (χ1n) is 17.7. The number of benzene rings is 4. The minimum atomic E-state index is -5.01. The Morgan fingerprint density at radius 3 is 1.19 bits per heavy atom. The fraction of sp³-hybridized carbons (Fsp3) is 0.364. The molecule has 0 nitrogen and oxygen atoms in total. The van der Waals surface area contributed by atoms with E-state index in [2.05, 4.69) is 167 Å². The Kier molecular flexibility index (Phi) is 9.02. The second kappa shape index (κ2) is 12.1. The van der Waals surface area contributed by atoms with Crippen LogP contribution < -0.4 is 0 Å². The van der Waals surface area contributed by atoms with Crippen LogP contribution >= 0.6 is 17.0 Å². The van der Waals surface area contributed by atoms with Crippen LogP contribution in [0.15, 0.2) is 83.9 Å². The number of hydrogen-bond donors (Lipinski definition) is 0. The molecule has 0 N–H and O–H groups in total. The molecule has 2 atom stereocenters. The summed E-state index contributed by atoms with van der Waals surface area (Å²) in [6.45, 7) is 28.0. The third-order valence-corrected chi connectivity index (χ3v) is 63.4. The summed E-state index contributed by atoms with van der Waals surface area (Å²) in [5.41, 5.74) is 18.5. The van der Waals surface area contributed by atoms with Gasteiger partial charge in [0.2, 0.25) is 0 Å². The SMILES string of the molecule is Cc1cccc(-c2cccc3c2C=C(C(C)(C)C)[CH]3[Zr]([Cl])([Cl])([CH]2C(C(C)(C)C)=Cc3c(-c4cccc(C)c4C)cccc32)[SiH](C)C)c1C. The number of aryl methyl sites for hydroxylation is 2. The summed E-state index contributed by atoms with van der Waals surface area (Å²) < 4.78 is 0.0696. The van der Waals surface area contributed by atoms with Gasteiger partial charge in [-0.2, -0.15) is 0 Å². The number of fused-ring (bicyclic) bond motifs is 2. The van der Waals surface area contributed by atoms with E-state index in [4.69, 9.17) is 17.0 Å². The number of halogens is 2. The van der Waals surface area contributed by atoms with Gasteiger partial charge in [-0.15, -0.1) is 0 Å². The van der Waals surface area contributed by atoms with Crippen molar-refractivity contribution in [3.63, 3.8) is 0 Å². The van der Waals surface area contributed by atoms with Gasteiger partial charge in [0.1, 0.15) is 0 Å². The zero-order valence-corrected chi connectivity index (χ0v) is 36.2. The van der Waals surface area contributed by atoms with Crippen LogP contribution in [0.5, 0.6) is 0 Å². The molecule has 0 aromatic heterocycles. The van der Waals surface area contributed by atoms with E-state index >= 15 is 0 Å². The van der Waals surface area contributed by atoms with Crippen LogP contribution in [-0.4, -0.2) is 5.92 Å². The number of hydrogen-bond acceptors (Lipinski definition) is 0. The molecular formula is C44H53Cl2SiZr. The van der Waals surface area contributed by atoms with E-state index in [1.807, 2.05) is 0 Å². The fourth-order valence-corrected chi connectivity index (χ4v) is 40.1. The molecule has 0 amide bonds. The van der Waals surface area contributed by atoms with Crippen LogP contribution in [0, 0.1) is 38.5 Å². The molecule has 2 unspecified atom stereocenters. The van der Waals surface area contributed by atoms with Crippen molar-refractivity contribution in [2.75, 3.05) is 0 Å². The summed E-state index contributed by atoms with van der Waals surface area (Å²) in [5.74, 6) is -1.72. The van der Waals surface area contributed by atoms with Crippen molar-refractivity contribution in [1.29, 1.82) is 0 Å². The molecule has 0 heterocycles. The third-order valence-electron chi connectivity index (χ3n) is 11.9. The number of rotatable bonds is 5. The zero-order chi connectivity index (χ0) is 35.2. The van der Waals surface area contributed by atoms with Gasteiger partial charge in [-0.05, 0) is 0 Å². The molecule has 0 saturated carbocycles. The topological polar surface area (TPSA) is 0 Å².